The molecule has 322 valence electrons. The normalized spacial score (nSPS) is 12.5. The van der Waals surface area contributed by atoms with E-state index in [9.17, 15) is 14.2 Å². The molecular weight excluding hydrogens is 699 g/mol. The van der Waals surface area contributed by atoms with Gasteiger partial charge in [-0.2, -0.15) is 0 Å². The summed E-state index contributed by atoms with van der Waals surface area (Å²) in [6, 6.07) is 0. The van der Waals surface area contributed by atoms with Gasteiger partial charge in [0, 0.05) is 12.8 Å². The van der Waals surface area contributed by atoms with Gasteiger partial charge in [-0.1, -0.05) is 220 Å². The molecule has 0 rings (SSSR count). The van der Waals surface area contributed by atoms with Gasteiger partial charge < -0.3 is 19.3 Å². The number of esters is 2. The Balaban J connectivity index is 3.81. The minimum absolute atomic E-state index is 0.219. The fourth-order valence-electron chi connectivity index (χ4n) is 7.04. The van der Waals surface area contributed by atoms with E-state index >= 15 is 0 Å². The van der Waals surface area contributed by atoms with Crippen LogP contribution in [0.1, 0.15) is 246 Å². The number of phosphoric acid groups is 1. The third-order valence-electron chi connectivity index (χ3n) is 10.5. The lowest BCUT2D eigenvalue weighted by atomic mass is 10.0. The maximum Gasteiger partial charge on any atom is 0.469 e. The standard InChI is InChI=1S/C45H89O8P/c1-41(2)35-31-27-23-19-15-11-7-5-6-8-13-17-21-25-29-33-37-44(46)51-39-43(40-52-54(48,49)50)53-45(47)38-34-30-26-22-18-14-10-9-12-16-20-24-28-32-36-42(3)4/h41-43H,5-40H2,1-4H3,(H2,48,49,50)/t43-/m1/s1. The molecule has 0 amide bonds. The third kappa shape index (κ3) is 43.8. The van der Waals surface area contributed by atoms with Gasteiger partial charge in [0.15, 0.2) is 6.10 Å². The number of rotatable bonds is 42. The zero-order valence-electron chi connectivity index (χ0n) is 36.0. The van der Waals surface area contributed by atoms with Crippen molar-refractivity contribution in [3.05, 3.63) is 0 Å². The van der Waals surface area contributed by atoms with Crippen LogP contribution in [-0.2, 0) is 28.2 Å². The Labute approximate surface area is 334 Å². The second kappa shape index (κ2) is 38.9. The maximum atomic E-state index is 12.4. The van der Waals surface area contributed by atoms with Gasteiger partial charge >= 0.3 is 19.8 Å². The largest absolute Gasteiger partial charge is 0.469 e. The van der Waals surface area contributed by atoms with Gasteiger partial charge in [0.25, 0.3) is 0 Å². The summed E-state index contributed by atoms with van der Waals surface area (Å²) in [5.41, 5.74) is 0. The number of ether oxygens (including phenoxy) is 2. The molecule has 0 aliphatic rings. The zero-order chi connectivity index (χ0) is 40.0. The number of carbonyl (C=O) groups excluding carboxylic acids is 2. The van der Waals surface area contributed by atoms with Crippen molar-refractivity contribution < 1.29 is 37.9 Å². The molecular formula is C45H89O8P. The summed E-state index contributed by atoms with van der Waals surface area (Å²) in [5.74, 6) is 0.807. The molecule has 9 heteroatoms. The Bertz CT molecular complexity index is 874. The molecule has 1 atom stereocenters. The van der Waals surface area contributed by atoms with Crippen molar-refractivity contribution in [1.82, 2.24) is 0 Å². The second-order valence-corrected chi connectivity index (χ2v) is 18.3. The van der Waals surface area contributed by atoms with Gasteiger partial charge in [-0.25, -0.2) is 4.57 Å². The van der Waals surface area contributed by atoms with Crippen molar-refractivity contribution in [2.24, 2.45) is 11.8 Å². The van der Waals surface area contributed by atoms with Gasteiger partial charge in [0.1, 0.15) is 6.61 Å². The molecule has 0 saturated heterocycles. The van der Waals surface area contributed by atoms with Crippen LogP contribution in [0.4, 0.5) is 0 Å². The first kappa shape index (κ1) is 53.0. The van der Waals surface area contributed by atoms with E-state index in [4.69, 9.17) is 19.3 Å². The molecule has 0 heterocycles. The number of hydrogen-bond acceptors (Lipinski definition) is 6. The van der Waals surface area contributed by atoms with Crippen LogP contribution < -0.4 is 0 Å². The highest BCUT2D eigenvalue weighted by molar-refractivity contribution is 7.46. The molecule has 0 saturated carbocycles. The highest BCUT2D eigenvalue weighted by atomic mass is 31.2. The molecule has 0 aromatic rings. The fraction of sp³-hybridized carbons (Fsp3) is 0.956. The Morgan fingerprint density at radius 2 is 0.704 bits per heavy atom. The topological polar surface area (TPSA) is 119 Å². The molecule has 0 unspecified atom stereocenters. The maximum absolute atomic E-state index is 12.4. The van der Waals surface area contributed by atoms with Gasteiger partial charge in [-0.3, -0.25) is 14.1 Å². The SMILES string of the molecule is CC(C)CCCCCCCCCCCCCCCCCCC(=O)OC[C@H](COP(=O)(O)O)OC(=O)CCCCCCCCCCCCCCCCC(C)C. The summed E-state index contributed by atoms with van der Waals surface area (Å²) in [6.45, 7) is 8.42. The first-order valence-corrected chi connectivity index (χ1v) is 24.6. The molecule has 0 aliphatic heterocycles. The highest BCUT2D eigenvalue weighted by Crippen LogP contribution is 2.36. The van der Waals surface area contributed by atoms with Crippen LogP contribution in [0.5, 0.6) is 0 Å². The van der Waals surface area contributed by atoms with Crippen LogP contribution in [0.3, 0.4) is 0 Å². The monoisotopic (exact) mass is 789 g/mol. The molecule has 0 radical (unpaired) electrons. The Hall–Kier alpha value is -0.950. The first-order chi connectivity index (χ1) is 26.0. The molecule has 0 fully saturated rings. The van der Waals surface area contributed by atoms with E-state index in [1.54, 1.807) is 0 Å². The highest BCUT2D eigenvalue weighted by Gasteiger charge is 2.23. The lowest BCUT2D eigenvalue weighted by molar-refractivity contribution is -0.161. The Morgan fingerprint density at radius 1 is 0.426 bits per heavy atom. The van der Waals surface area contributed by atoms with Crippen molar-refractivity contribution in [2.75, 3.05) is 13.2 Å². The molecule has 0 aliphatic carbocycles. The van der Waals surface area contributed by atoms with Crippen LogP contribution in [0.2, 0.25) is 0 Å². The average Bonchev–Trinajstić information content (AvgIpc) is 3.11. The van der Waals surface area contributed by atoms with Crippen LogP contribution in [-0.4, -0.2) is 41.0 Å². The fourth-order valence-corrected chi connectivity index (χ4v) is 7.40. The van der Waals surface area contributed by atoms with Gasteiger partial charge in [0.05, 0.1) is 6.61 Å². The number of carbonyl (C=O) groups is 2. The lowest BCUT2D eigenvalue weighted by Crippen LogP contribution is -2.29. The van der Waals surface area contributed by atoms with E-state index in [1.807, 2.05) is 0 Å². The van der Waals surface area contributed by atoms with Crippen LogP contribution >= 0.6 is 7.82 Å². The van der Waals surface area contributed by atoms with Crippen molar-refractivity contribution >= 4 is 19.8 Å². The van der Waals surface area contributed by atoms with Gasteiger partial charge in [-0.05, 0) is 24.7 Å². The molecule has 8 nitrogen and oxygen atoms in total. The van der Waals surface area contributed by atoms with Crippen molar-refractivity contribution in [1.29, 1.82) is 0 Å². The Kier molecular flexibility index (Phi) is 38.2. The van der Waals surface area contributed by atoms with E-state index in [0.717, 1.165) is 43.9 Å². The van der Waals surface area contributed by atoms with Crippen LogP contribution in [0, 0.1) is 11.8 Å². The summed E-state index contributed by atoms with van der Waals surface area (Å²) < 4.78 is 26.5. The molecule has 0 spiro atoms. The minimum atomic E-state index is -4.75. The molecule has 2 N–H and O–H groups in total. The van der Waals surface area contributed by atoms with E-state index in [1.165, 1.54) is 167 Å². The van der Waals surface area contributed by atoms with Crippen molar-refractivity contribution in [3.63, 3.8) is 0 Å². The van der Waals surface area contributed by atoms with Crippen molar-refractivity contribution in [2.45, 2.75) is 252 Å². The minimum Gasteiger partial charge on any atom is -0.462 e. The third-order valence-corrected chi connectivity index (χ3v) is 11.0. The predicted octanol–water partition coefficient (Wildman–Crippen LogP) is 14.1. The summed E-state index contributed by atoms with van der Waals surface area (Å²) in [5, 5.41) is 0. The average molecular weight is 789 g/mol. The molecule has 0 aromatic heterocycles. The summed E-state index contributed by atoms with van der Waals surface area (Å²) >= 11 is 0. The lowest BCUT2D eigenvalue weighted by Gasteiger charge is -2.18. The molecule has 0 bridgehead atoms. The van der Waals surface area contributed by atoms with E-state index in [0.29, 0.717) is 6.42 Å². The smallest absolute Gasteiger partial charge is 0.462 e. The molecule has 0 aromatic carbocycles. The zero-order valence-corrected chi connectivity index (χ0v) is 36.9. The van der Waals surface area contributed by atoms with E-state index in [-0.39, 0.29) is 19.4 Å². The molecule has 54 heavy (non-hydrogen) atoms. The van der Waals surface area contributed by atoms with E-state index in [2.05, 4.69) is 32.2 Å². The van der Waals surface area contributed by atoms with Crippen molar-refractivity contribution in [3.8, 4) is 0 Å². The number of hydrogen-bond donors (Lipinski definition) is 2. The van der Waals surface area contributed by atoms with Gasteiger partial charge in [0.2, 0.25) is 0 Å². The number of phosphoric ester groups is 1. The summed E-state index contributed by atoms with van der Waals surface area (Å²) in [7, 11) is -4.75. The summed E-state index contributed by atoms with van der Waals surface area (Å²) in [6.07, 6.45) is 39.7. The second-order valence-electron chi connectivity index (χ2n) is 17.1. The quantitative estimate of drug-likeness (QED) is 0.0356. The predicted molar refractivity (Wildman–Crippen MR) is 225 cm³/mol. The van der Waals surface area contributed by atoms with Crippen LogP contribution in [0.15, 0.2) is 0 Å². The van der Waals surface area contributed by atoms with Crippen LogP contribution in [0.25, 0.3) is 0 Å². The Morgan fingerprint density at radius 3 is 1.00 bits per heavy atom. The van der Waals surface area contributed by atoms with Gasteiger partial charge in [-0.15, -0.1) is 0 Å². The number of unbranched alkanes of at least 4 members (excludes halogenated alkanes) is 28. The van der Waals surface area contributed by atoms with E-state index < -0.39 is 32.5 Å². The summed E-state index contributed by atoms with van der Waals surface area (Å²) in [4.78, 5) is 43.0. The first-order valence-electron chi connectivity index (χ1n) is 23.0.